The van der Waals surface area contributed by atoms with Crippen LogP contribution in [-0.4, -0.2) is 31.0 Å². The monoisotopic (exact) mass is 360 g/mol. The normalized spacial score (nSPS) is 11.1. The molecule has 0 aliphatic carbocycles. The first kappa shape index (κ1) is 19.8. The molecule has 0 saturated heterocycles. The van der Waals surface area contributed by atoms with Crippen LogP contribution in [0, 0.1) is 10.1 Å². The summed E-state index contributed by atoms with van der Waals surface area (Å²) in [6, 6.07) is 3.44. The summed E-state index contributed by atoms with van der Waals surface area (Å²) < 4.78 is 22.5. The van der Waals surface area contributed by atoms with E-state index < -0.39 is 20.9 Å². The fraction of sp³-hybridized carbons (Fsp3) is 0.462. The average molecular weight is 360 g/mol. The van der Waals surface area contributed by atoms with Gasteiger partial charge in [0.05, 0.1) is 9.82 Å². The molecule has 5 N–H and O–H groups in total. The molecule has 0 heterocycles. The van der Waals surface area contributed by atoms with Gasteiger partial charge in [-0.15, -0.1) is 0 Å². The van der Waals surface area contributed by atoms with E-state index in [2.05, 4.69) is 5.32 Å². The van der Waals surface area contributed by atoms with Gasteiger partial charge in [-0.25, -0.2) is 19.0 Å². The summed E-state index contributed by atoms with van der Waals surface area (Å²) >= 11 is 0. The smallest absolute Gasteiger partial charge is 0.293 e. The van der Waals surface area contributed by atoms with E-state index in [9.17, 15) is 23.3 Å². The van der Waals surface area contributed by atoms with Crippen LogP contribution in [0.1, 0.15) is 32.1 Å². The SMILES string of the molecule is NS(=O)(=O)c1ccc(NCCCCCCC(=O)NO)c([N+](=O)[O-])c1. The molecule has 10 nitrogen and oxygen atoms in total. The van der Waals surface area contributed by atoms with Crippen molar-refractivity contribution in [2.45, 2.75) is 37.0 Å². The van der Waals surface area contributed by atoms with Crippen molar-refractivity contribution in [1.82, 2.24) is 5.48 Å². The second-order valence-electron chi connectivity index (χ2n) is 5.11. The summed E-state index contributed by atoms with van der Waals surface area (Å²) in [6.07, 6.45) is 3.17. The molecular weight excluding hydrogens is 340 g/mol. The predicted octanol–water partition coefficient (Wildman–Crippen LogP) is 1.11. The molecule has 0 spiro atoms. The van der Waals surface area contributed by atoms with Gasteiger partial charge >= 0.3 is 0 Å². The Bertz CT molecular complexity index is 692. The van der Waals surface area contributed by atoms with Crippen molar-refractivity contribution < 1.29 is 23.3 Å². The number of nitrogens with one attached hydrogen (secondary N) is 2. The van der Waals surface area contributed by atoms with Crippen molar-refractivity contribution in [3.05, 3.63) is 28.3 Å². The van der Waals surface area contributed by atoms with E-state index in [-0.39, 0.29) is 22.7 Å². The number of anilines is 1. The Morgan fingerprint density at radius 1 is 1.25 bits per heavy atom. The molecule has 0 radical (unpaired) electrons. The third-order valence-electron chi connectivity index (χ3n) is 3.27. The van der Waals surface area contributed by atoms with Gasteiger partial charge in [-0.05, 0) is 25.0 Å². The predicted molar refractivity (Wildman–Crippen MR) is 86.0 cm³/mol. The number of hydrogen-bond donors (Lipinski definition) is 4. The largest absolute Gasteiger partial charge is 0.379 e. The first-order valence-electron chi connectivity index (χ1n) is 7.23. The number of amides is 1. The van der Waals surface area contributed by atoms with Gasteiger partial charge in [-0.3, -0.25) is 20.1 Å². The molecule has 134 valence electrons. The summed E-state index contributed by atoms with van der Waals surface area (Å²) in [5, 5.41) is 27.2. The molecule has 0 saturated carbocycles. The van der Waals surface area contributed by atoms with Crippen LogP contribution in [0.15, 0.2) is 23.1 Å². The van der Waals surface area contributed by atoms with Crippen LogP contribution in [-0.2, 0) is 14.8 Å². The number of nitro groups is 1. The maximum Gasteiger partial charge on any atom is 0.293 e. The zero-order valence-electron chi connectivity index (χ0n) is 12.9. The quantitative estimate of drug-likeness (QED) is 0.210. The number of primary sulfonamides is 1. The maximum absolute atomic E-state index is 11.2. The number of carbonyl (C=O) groups excluding carboxylic acids is 1. The van der Waals surface area contributed by atoms with Crippen LogP contribution in [0.25, 0.3) is 0 Å². The fourth-order valence-corrected chi connectivity index (χ4v) is 2.57. The number of carbonyl (C=O) groups is 1. The Balaban J connectivity index is 2.50. The average Bonchev–Trinajstić information content (AvgIpc) is 2.52. The molecule has 1 aromatic carbocycles. The van der Waals surface area contributed by atoms with Gasteiger partial charge < -0.3 is 5.32 Å². The Morgan fingerprint density at radius 2 is 1.92 bits per heavy atom. The molecule has 0 bridgehead atoms. The lowest BCUT2D eigenvalue weighted by Gasteiger charge is -2.08. The van der Waals surface area contributed by atoms with Crippen LogP contribution in [0.5, 0.6) is 0 Å². The van der Waals surface area contributed by atoms with Gasteiger partial charge in [-0.2, -0.15) is 0 Å². The van der Waals surface area contributed by atoms with Crippen LogP contribution in [0.4, 0.5) is 11.4 Å². The van der Waals surface area contributed by atoms with Gasteiger partial charge in [0, 0.05) is 19.0 Å². The number of nitrogens with zero attached hydrogens (tertiary/aromatic N) is 1. The highest BCUT2D eigenvalue weighted by molar-refractivity contribution is 7.89. The van der Waals surface area contributed by atoms with E-state index in [1.165, 1.54) is 12.1 Å². The first-order valence-corrected chi connectivity index (χ1v) is 8.78. The number of hydroxylamine groups is 1. The van der Waals surface area contributed by atoms with Crippen LogP contribution < -0.4 is 15.9 Å². The molecule has 0 unspecified atom stereocenters. The second-order valence-corrected chi connectivity index (χ2v) is 6.67. The molecule has 11 heteroatoms. The van der Waals surface area contributed by atoms with Gasteiger partial charge in [0.25, 0.3) is 5.69 Å². The van der Waals surface area contributed by atoms with E-state index in [1.807, 2.05) is 0 Å². The topological polar surface area (TPSA) is 165 Å². The lowest BCUT2D eigenvalue weighted by Crippen LogP contribution is -2.17. The van der Waals surface area contributed by atoms with Crippen LogP contribution in [0.3, 0.4) is 0 Å². The Kier molecular flexibility index (Phi) is 7.55. The third kappa shape index (κ3) is 6.48. The summed E-state index contributed by atoms with van der Waals surface area (Å²) in [7, 11) is -4.00. The molecule has 0 fully saturated rings. The molecular formula is C13H20N4O6S. The number of sulfonamides is 1. The molecule has 0 aliphatic heterocycles. The number of unbranched alkanes of at least 4 members (excludes halogenated alkanes) is 3. The lowest BCUT2D eigenvalue weighted by atomic mass is 10.1. The summed E-state index contributed by atoms with van der Waals surface area (Å²) in [5.74, 6) is -0.432. The van der Waals surface area contributed by atoms with Crippen molar-refractivity contribution in [3.63, 3.8) is 0 Å². The number of rotatable bonds is 10. The summed E-state index contributed by atoms with van der Waals surface area (Å²) in [5.41, 5.74) is 1.41. The molecule has 1 amide bonds. The number of nitro benzene ring substituents is 1. The Labute approximate surface area is 139 Å². The minimum absolute atomic E-state index is 0.215. The van der Waals surface area contributed by atoms with E-state index >= 15 is 0 Å². The van der Waals surface area contributed by atoms with Gasteiger partial charge in [0.2, 0.25) is 15.9 Å². The van der Waals surface area contributed by atoms with Crippen LogP contribution >= 0.6 is 0 Å². The molecule has 24 heavy (non-hydrogen) atoms. The molecule has 0 aliphatic rings. The van der Waals surface area contributed by atoms with Gasteiger partial charge in [0.1, 0.15) is 5.69 Å². The zero-order chi connectivity index (χ0) is 18.2. The molecule has 0 aromatic heterocycles. The van der Waals surface area contributed by atoms with E-state index in [4.69, 9.17) is 10.3 Å². The summed E-state index contributed by atoms with van der Waals surface area (Å²) in [4.78, 5) is 20.8. The van der Waals surface area contributed by atoms with Crippen molar-refractivity contribution in [1.29, 1.82) is 0 Å². The number of nitrogens with two attached hydrogens (primary N) is 1. The highest BCUT2D eigenvalue weighted by Gasteiger charge is 2.18. The Morgan fingerprint density at radius 3 is 2.50 bits per heavy atom. The molecule has 1 aromatic rings. The zero-order valence-corrected chi connectivity index (χ0v) is 13.7. The number of hydrogen-bond acceptors (Lipinski definition) is 7. The van der Waals surface area contributed by atoms with E-state index in [0.29, 0.717) is 13.0 Å². The van der Waals surface area contributed by atoms with Gasteiger partial charge in [0.15, 0.2) is 0 Å². The van der Waals surface area contributed by atoms with Crippen molar-refractivity contribution in [2.24, 2.45) is 5.14 Å². The lowest BCUT2D eigenvalue weighted by molar-refractivity contribution is -0.384. The summed E-state index contributed by atoms with van der Waals surface area (Å²) in [6.45, 7) is 0.460. The van der Waals surface area contributed by atoms with E-state index in [0.717, 1.165) is 25.3 Å². The van der Waals surface area contributed by atoms with Crippen LogP contribution in [0.2, 0.25) is 0 Å². The first-order chi connectivity index (χ1) is 11.3. The third-order valence-corrected chi connectivity index (χ3v) is 4.18. The Hall–Kier alpha value is -2.24. The fourth-order valence-electron chi connectivity index (χ4n) is 2.03. The van der Waals surface area contributed by atoms with Crippen molar-refractivity contribution in [3.8, 4) is 0 Å². The highest BCUT2D eigenvalue weighted by atomic mass is 32.2. The highest BCUT2D eigenvalue weighted by Crippen LogP contribution is 2.27. The van der Waals surface area contributed by atoms with Crippen molar-refractivity contribution >= 4 is 27.3 Å². The molecule has 1 rings (SSSR count). The molecule has 0 atom stereocenters. The minimum Gasteiger partial charge on any atom is -0.379 e. The van der Waals surface area contributed by atoms with Gasteiger partial charge in [-0.1, -0.05) is 12.8 Å². The minimum atomic E-state index is -4.00. The number of benzene rings is 1. The van der Waals surface area contributed by atoms with Crippen molar-refractivity contribution in [2.75, 3.05) is 11.9 Å². The maximum atomic E-state index is 11.2. The standard InChI is InChI=1S/C13H20N4O6S/c14-24(22,23)10-6-7-11(12(9-10)17(20)21)15-8-4-2-1-3-5-13(18)16-19/h6-7,9,15,19H,1-5,8H2,(H,16,18)(H2,14,22,23). The second kappa shape index (κ2) is 9.15. The van der Waals surface area contributed by atoms with E-state index in [1.54, 1.807) is 5.48 Å².